The van der Waals surface area contributed by atoms with Gasteiger partial charge in [0.1, 0.15) is 11.9 Å². The van der Waals surface area contributed by atoms with E-state index in [2.05, 4.69) is 17.1 Å². The van der Waals surface area contributed by atoms with Gasteiger partial charge < -0.3 is 9.47 Å². The second kappa shape index (κ2) is 5.57. The van der Waals surface area contributed by atoms with Crippen LogP contribution in [-0.4, -0.2) is 24.3 Å². The van der Waals surface area contributed by atoms with Crippen LogP contribution in [0.15, 0.2) is 36.5 Å². The van der Waals surface area contributed by atoms with Crippen molar-refractivity contribution in [3.8, 4) is 5.75 Å². The van der Waals surface area contributed by atoms with Crippen molar-refractivity contribution >= 4 is 10.9 Å². The first-order valence-corrected chi connectivity index (χ1v) is 6.89. The summed E-state index contributed by atoms with van der Waals surface area (Å²) in [6.45, 7) is 0. The lowest BCUT2D eigenvalue weighted by atomic mass is 9.95. The molecule has 0 spiro atoms. The summed E-state index contributed by atoms with van der Waals surface area (Å²) in [7, 11) is 1.78. The number of rotatable bonds is 3. The fourth-order valence-electron chi connectivity index (χ4n) is 2.73. The molecule has 0 saturated heterocycles. The van der Waals surface area contributed by atoms with E-state index in [0.717, 1.165) is 35.9 Å². The van der Waals surface area contributed by atoms with Crippen molar-refractivity contribution in [3.05, 3.63) is 36.5 Å². The molecule has 3 rings (SSSR count). The van der Waals surface area contributed by atoms with Gasteiger partial charge in [-0.1, -0.05) is 18.2 Å². The number of benzene rings is 1. The second-order valence-electron chi connectivity index (χ2n) is 5.13. The number of ether oxygens (including phenoxy) is 2. The Balaban J connectivity index is 1.74. The van der Waals surface area contributed by atoms with Gasteiger partial charge >= 0.3 is 0 Å². The van der Waals surface area contributed by atoms with Gasteiger partial charge in [0.15, 0.2) is 0 Å². The molecule has 1 saturated carbocycles. The highest BCUT2D eigenvalue weighted by Crippen LogP contribution is 2.26. The zero-order valence-electron chi connectivity index (χ0n) is 11.2. The summed E-state index contributed by atoms with van der Waals surface area (Å²) in [4.78, 5) is 4.43. The lowest BCUT2D eigenvalue weighted by molar-refractivity contribution is 0.0209. The molecule has 1 aliphatic rings. The van der Waals surface area contributed by atoms with E-state index in [-0.39, 0.29) is 6.10 Å². The van der Waals surface area contributed by atoms with Crippen LogP contribution in [-0.2, 0) is 4.74 Å². The zero-order valence-corrected chi connectivity index (χ0v) is 11.2. The van der Waals surface area contributed by atoms with Gasteiger partial charge in [0, 0.05) is 18.9 Å². The number of hydrogen-bond acceptors (Lipinski definition) is 3. The molecule has 0 amide bonds. The van der Waals surface area contributed by atoms with Crippen LogP contribution in [0.1, 0.15) is 25.7 Å². The predicted octanol–water partition coefficient (Wildman–Crippen LogP) is 3.57. The van der Waals surface area contributed by atoms with Gasteiger partial charge in [0.05, 0.1) is 17.8 Å². The van der Waals surface area contributed by atoms with Crippen LogP contribution in [0.5, 0.6) is 5.75 Å². The highest BCUT2D eigenvalue weighted by molar-refractivity contribution is 5.79. The Morgan fingerprint density at radius 2 is 2.00 bits per heavy atom. The first kappa shape index (κ1) is 12.4. The van der Waals surface area contributed by atoms with Crippen LogP contribution in [0.25, 0.3) is 10.9 Å². The number of aromatic nitrogens is 1. The van der Waals surface area contributed by atoms with Crippen molar-refractivity contribution in [2.24, 2.45) is 0 Å². The van der Waals surface area contributed by atoms with Crippen molar-refractivity contribution in [1.29, 1.82) is 0 Å². The van der Waals surface area contributed by atoms with Gasteiger partial charge in [0.2, 0.25) is 0 Å². The molecule has 100 valence electrons. The molecule has 3 heteroatoms. The van der Waals surface area contributed by atoms with E-state index < -0.39 is 0 Å². The van der Waals surface area contributed by atoms with E-state index in [1.165, 1.54) is 6.42 Å². The Morgan fingerprint density at radius 1 is 1.16 bits per heavy atom. The molecule has 1 aromatic heterocycles. The van der Waals surface area contributed by atoms with Crippen molar-refractivity contribution in [2.75, 3.05) is 7.11 Å². The standard InChI is InChI=1S/C16H19NO2/c1-18-13-6-4-7-14(10-13)19-15-9-12-5-2-3-8-16(12)17-11-15/h2-3,5,8-9,11,13-14H,4,6-7,10H2,1H3. The Labute approximate surface area is 113 Å². The molecule has 2 aromatic rings. The molecule has 2 unspecified atom stereocenters. The quantitative estimate of drug-likeness (QED) is 0.842. The summed E-state index contributed by atoms with van der Waals surface area (Å²) in [6, 6.07) is 10.2. The summed E-state index contributed by atoms with van der Waals surface area (Å²) in [5.74, 6) is 0.862. The number of methoxy groups -OCH3 is 1. The van der Waals surface area contributed by atoms with Crippen LogP contribution in [0, 0.1) is 0 Å². The third-order valence-electron chi connectivity index (χ3n) is 3.78. The molecule has 1 heterocycles. The third-order valence-corrected chi connectivity index (χ3v) is 3.78. The molecule has 2 atom stereocenters. The highest BCUT2D eigenvalue weighted by Gasteiger charge is 2.23. The molecule has 19 heavy (non-hydrogen) atoms. The van der Waals surface area contributed by atoms with Crippen molar-refractivity contribution < 1.29 is 9.47 Å². The highest BCUT2D eigenvalue weighted by atomic mass is 16.5. The number of hydrogen-bond donors (Lipinski definition) is 0. The molecule has 0 N–H and O–H groups in total. The van der Waals surface area contributed by atoms with E-state index in [1.807, 2.05) is 24.4 Å². The minimum Gasteiger partial charge on any atom is -0.489 e. The monoisotopic (exact) mass is 257 g/mol. The van der Waals surface area contributed by atoms with Crippen LogP contribution < -0.4 is 4.74 Å². The minimum atomic E-state index is 0.252. The van der Waals surface area contributed by atoms with Crippen LogP contribution in [0.2, 0.25) is 0 Å². The fraction of sp³-hybridized carbons (Fsp3) is 0.438. The summed E-state index contributed by atoms with van der Waals surface area (Å²) in [5, 5.41) is 1.12. The van der Waals surface area contributed by atoms with Crippen LogP contribution in [0.4, 0.5) is 0 Å². The molecule has 0 bridgehead atoms. The summed E-state index contributed by atoms with van der Waals surface area (Å²) in [6.07, 6.45) is 6.81. The predicted molar refractivity (Wildman–Crippen MR) is 75.4 cm³/mol. The maximum Gasteiger partial charge on any atom is 0.138 e. The number of nitrogens with zero attached hydrogens (tertiary/aromatic N) is 1. The average molecular weight is 257 g/mol. The molecular formula is C16H19NO2. The smallest absolute Gasteiger partial charge is 0.138 e. The first-order valence-electron chi connectivity index (χ1n) is 6.89. The first-order chi connectivity index (χ1) is 9.35. The maximum absolute atomic E-state index is 6.05. The normalized spacial score (nSPS) is 23.4. The van der Waals surface area contributed by atoms with Gasteiger partial charge in [-0.2, -0.15) is 0 Å². The summed E-state index contributed by atoms with van der Waals surface area (Å²) < 4.78 is 11.5. The largest absolute Gasteiger partial charge is 0.489 e. The Hall–Kier alpha value is -1.61. The van der Waals surface area contributed by atoms with Gasteiger partial charge in [-0.05, 0) is 31.4 Å². The van der Waals surface area contributed by atoms with Crippen molar-refractivity contribution in [2.45, 2.75) is 37.9 Å². The minimum absolute atomic E-state index is 0.252. The van der Waals surface area contributed by atoms with Gasteiger partial charge in [-0.3, -0.25) is 4.98 Å². The fourth-order valence-corrected chi connectivity index (χ4v) is 2.73. The average Bonchev–Trinajstić information content (AvgIpc) is 2.47. The topological polar surface area (TPSA) is 31.4 Å². The lowest BCUT2D eigenvalue weighted by Crippen LogP contribution is -2.29. The molecule has 1 fully saturated rings. The maximum atomic E-state index is 6.05. The molecule has 1 aromatic carbocycles. The van der Waals surface area contributed by atoms with E-state index in [1.54, 1.807) is 7.11 Å². The molecule has 3 nitrogen and oxygen atoms in total. The van der Waals surface area contributed by atoms with Crippen LogP contribution in [0.3, 0.4) is 0 Å². The van der Waals surface area contributed by atoms with Crippen molar-refractivity contribution in [1.82, 2.24) is 4.98 Å². The Kier molecular flexibility index (Phi) is 3.65. The number of para-hydroxylation sites is 1. The lowest BCUT2D eigenvalue weighted by Gasteiger charge is -2.28. The molecule has 0 radical (unpaired) electrons. The summed E-state index contributed by atoms with van der Waals surface area (Å²) >= 11 is 0. The Bertz CT molecular complexity index is 555. The molecule has 0 aliphatic heterocycles. The van der Waals surface area contributed by atoms with Gasteiger partial charge in [-0.25, -0.2) is 0 Å². The molecular weight excluding hydrogens is 238 g/mol. The van der Waals surface area contributed by atoms with Crippen LogP contribution >= 0.6 is 0 Å². The van der Waals surface area contributed by atoms with E-state index in [0.29, 0.717) is 6.10 Å². The van der Waals surface area contributed by atoms with Gasteiger partial charge in [0.25, 0.3) is 0 Å². The zero-order chi connectivity index (χ0) is 13.1. The number of pyridine rings is 1. The third kappa shape index (κ3) is 2.87. The second-order valence-corrected chi connectivity index (χ2v) is 5.13. The van der Waals surface area contributed by atoms with Crippen molar-refractivity contribution in [3.63, 3.8) is 0 Å². The van der Waals surface area contributed by atoms with E-state index in [9.17, 15) is 0 Å². The number of fused-ring (bicyclic) bond motifs is 1. The SMILES string of the molecule is COC1CCCC(Oc2cnc3ccccc3c2)C1. The van der Waals surface area contributed by atoms with E-state index in [4.69, 9.17) is 9.47 Å². The van der Waals surface area contributed by atoms with E-state index >= 15 is 0 Å². The Morgan fingerprint density at radius 3 is 2.89 bits per heavy atom. The van der Waals surface area contributed by atoms with Gasteiger partial charge in [-0.15, -0.1) is 0 Å². The summed E-state index contributed by atoms with van der Waals surface area (Å²) in [5.41, 5.74) is 1.01. The molecule has 1 aliphatic carbocycles.